The van der Waals surface area contributed by atoms with E-state index in [1.165, 1.54) is 0 Å². The fourth-order valence-electron chi connectivity index (χ4n) is 2.84. The third-order valence-corrected chi connectivity index (χ3v) is 5.74. The van der Waals surface area contributed by atoms with Crippen LogP contribution in [0.2, 0.25) is 0 Å². The lowest BCUT2D eigenvalue weighted by molar-refractivity contribution is 0.0527. The summed E-state index contributed by atoms with van der Waals surface area (Å²) < 4.78 is 7.41. The molecular formula is C19H18BrNO4S. The van der Waals surface area contributed by atoms with Crippen LogP contribution in [0.4, 0.5) is 0 Å². The number of thioether (sulfide) groups is 1. The van der Waals surface area contributed by atoms with Crippen LogP contribution in [0.1, 0.15) is 23.0 Å². The molecule has 0 amide bonds. The van der Waals surface area contributed by atoms with Crippen molar-refractivity contribution in [3.63, 3.8) is 0 Å². The molecule has 0 bridgehead atoms. The minimum absolute atomic E-state index is 0.226. The molecular weight excluding hydrogens is 418 g/mol. The number of hydrogen-bond acceptors (Lipinski definition) is 5. The highest BCUT2D eigenvalue weighted by molar-refractivity contribution is 9.10. The Balaban J connectivity index is 2.17. The molecule has 3 rings (SSSR count). The summed E-state index contributed by atoms with van der Waals surface area (Å²) >= 11 is 4.82. The first-order valence-electron chi connectivity index (χ1n) is 8.02. The normalized spacial score (nSPS) is 11.0. The second-order valence-electron chi connectivity index (χ2n) is 5.65. The number of aryl methyl sites for hydroxylation is 1. The van der Waals surface area contributed by atoms with E-state index in [1.807, 2.05) is 41.9 Å². The van der Waals surface area contributed by atoms with E-state index in [2.05, 4.69) is 15.9 Å². The molecule has 1 heterocycles. The van der Waals surface area contributed by atoms with Crippen molar-refractivity contribution in [1.82, 2.24) is 4.57 Å². The van der Waals surface area contributed by atoms with Crippen LogP contribution in [0.25, 0.3) is 10.9 Å². The summed E-state index contributed by atoms with van der Waals surface area (Å²) in [5.41, 5.74) is 1.65. The lowest BCUT2D eigenvalue weighted by Crippen LogP contribution is -2.08. The van der Waals surface area contributed by atoms with Crippen LogP contribution in [-0.2, 0) is 17.5 Å². The maximum Gasteiger partial charge on any atom is 0.340 e. The molecule has 1 aromatic heterocycles. The number of hydrogen-bond donors (Lipinski definition) is 2. The van der Waals surface area contributed by atoms with Crippen LogP contribution < -0.4 is 0 Å². The minimum Gasteiger partial charge on any atom is -0.504 e. The predicted molar refractivity (Wildman–Crippen MR) is 106 cm³/mol. The van der Waals surface area contributed by atoms with Crippen molar-refractivity contribution in [2.24, 2.45) is 7.05 Å². The topological polar surface area (TPSA) is 71.7 Å². The number of nitrogens with zero attached hydrogens (tertiary/aromatic N) is 1. The number of carbonyl (C=O) groups is 1. The lowest BCUT2D eigenvalue weighted by Gasteiger charge is -2.08. The molecule has 5 nitrogen and oxygen atoms in total. The molecule has 7 heteroatoms. The van der Waals surface area contributed by atoms with E-state index in [1.54, 1.807) is 24.8 Å². The molecule has 0 aliphatic rings. The molecule has 0 fully saturated rings. The zero-order chi connectivity index (χ0) is 18.8. The quantitative estimate of drug-likeness (QED) is 0.341. The van der Waals surface area contributed by atoms with Crippen LogP contribution >= 0.6 is 27.7 Å². The summed E-state index contributed by atoms with van der Waals surface area (Å²) in [6, 6.07) is 11.5. The lowest BCUT2D eigenvalue weighted by atomic mass is 10.1. The second kappa shape index (κ2) is 7.63. The summed E-state index contributed by atoms with van der Waals surface area (Å²) in [7, 11) is 1.83. The minimum atomic E-state index is -0.515. The van der Waals surface area contributed by atoms with Crippen molar-refractivity contribution in [2.75, 3.05) is 6.61 Å². The number of phenolic OH excluding ortho intramolecular Hbond substituents is 2. The number of aromatic nitrogens is 1. The molecule has 0 saturated carbocycles. The zero-order valence-electron chi connectivity index (χ0n) is 14.3. The van der Waals surface area contributed by atoms with Crippen molar-refractivity contribution < 1.29 is 19.7 Å². The number of aromatic hydroxyl groups is 2. The standard InChI is InChI=1S/C19H18BrNO4S/c1-3-25-19(24)16-14(10-26-11-7-5-4-6-8-11)21(2)13-9-12(20)17(22)18(23)15(13)16/h4-9,22-23H,3,10H2,1-2H3. The SMILES string of the molecule is CCOC(=O)c1c(CSc2ccccc2)n(C)c2cc(Br)c(O)c(O)c12. The van der Waals surface area contributed by atoms with E-state index in [0.29, 0.717) is 21.1 Å². The first-order valence-corrected chi connectivity index (χ1v) is 9.80. The highest BCUT2D eigenvalue weighted by atomic mass is 79.9. The van der Waals surface area contributed by atoms with Gasteiger partial charge in [-0.25, -0.2) is 4.79 Å². The van der Waals surface area contributed by atoms with Crippen molar-refractivity contribution >= 4 is 44.6 Å². The summed E-state index contributed by atoms with van der Waals surface area (Å²) in [5, 5.41) is 20.8. The van der Waals surface area contributed by atoms with E-state index >= 15 is 0 Å². The van der Waals surface area contributed by atoms with Crippen molar-refractivity contribution in [3.8, 4) is 11.5 Å². The number of esters is 1. The number of phenols is 2. The summed E-state index contributed by atoms with van der Waals surface area (Å²) in [4.78, 5) is 13.7. The number of fused-ring (bicyclic) bond motifs is 1. The summed E-state index contributed by atoms with van der Waals surface area (Å²) in [5.74, 6) is -0.625. The third kappa shape index (κ3) is 3.29. The van der Waals surface area contributed by atoms with E-state index in [0.717, 1.165) is 10.6 Å². The molecule has 0 radical (unpaired) electrons. The monoisotopic (exact) mass is 435 g/mol. The summed E-state index contributed by atoms with van der Waals surface area (Å²) in [6.45, 7) is 1.96. The molecule has 2 aromatic carbocycles. The van der Waals surface area contributed by atoms with E-state index < -0.39 is 5.97 Å². The Labute approximate surface area is 163 Å². The highest BCUT2D eigenvalue weighted by Crippen LogP contribution is 2.44. The second-order valence-corrected chi connectivity index (χ2v) is 7.56. The van der Waals surface area contributed by atoms with Gasteiger partial charge in [-0.2, -0.15) is 0 Å². The van der Waals surface area contributed by atoms with E-state index in [-0.39, 0.29) is 23.7 Å². The van der Waals surface area contributed by atoms with Crippen LogP contribution in [-0.4, -0.2) is 27.4 Å². The van der Waals surface area contributed by atoms with E-state index in [4.69, 9.17) is 4.74 Å². The average Bonchev–Trinajstić information content (AvgIpc) is 2.91. The van der Waals surface area contributed by atoms with Crippen molar-refractivity contribution in [1.29, 1.82) is 0 Å². The molecule has 3 aromatic rings. The average molecular weight is 436 g/mol. The van der Waals surface area contributed by atoms with E-state index in [9.17, 15) is 15.0 Å². The van der Waals surface area contributed by atoms with Gasteiger partial charge in [-0.15, -0.1) is 11.8 Å². The fourth-order valence-corrected chi connectivity index (χ4v) is 4.24. The van der Waals surface area contributed by atoms with Gasteiger partial charge in [0.2, 0.25) is 0 Å². The van der Waals surface area contributed by atoms with Gasteiger partial charge in [0.15, 0.2) is 11.5 Å². The molecule has 0 spiro atoms. The van der Waals surface area contributed by atoms with Gasteiger partial charge in [0.1, 0.15) is 0 Å². The number of ether oxygens (including phenoxy) is 1. The summed E-state index contributed by atoms with van der Waals surface area (Å²) in [6.07, 6.45) is 0. The molecule has 0 unspecified atom stereocenters. The van der Waals surface area contributed by atoms with Crippen LogP contribution in [0, 0.1) is 0 Å². The fraction of sp³-hybridized carbons (Fsp3) is 0.211. The van der Waals surface area contributed by atoms with Gasteiger partial charge in [0.25, 0.3) is 0 Å². The van der Waals surface area contributed by atoms with Gasteiger partial charge in [-0.05, 0) is 41.1 Å². The Morgan fingerprint density at radius 3 is 2.58 bits per heavy atom. The molecule has 26 heavy (non-hydrogen) atoms. The molecule has 0 aliphatic carbocycles. The Kier molecular flexibility index (Phi) is 5.48. The highest BCUT2D eigenvalue weighted by Gasteiger charge is 2.27. The molecule has 0 saturated heterocycles. The Morgan fingerprint density at radius 2 is 1.92 bits per heavy atom. The van der Waals surface area contributed by atoms with Crippen LogP contribution in [0.3, 0.4) is 0 Å². The van der Waals surface area contributed by atoms with Gasteiger partial charge in [-0.3, -0.25) is 0 Å². The van der Waals surface area contributed by atoms with Crippen molar-refractivity contribution in [2.45, 2.75) is 17.6 Å². The first-order chi connectivity index (χ1) is 12.5. The Morgan fingerprint density at radius 1 is 1.23 bits per heavy atom. The smallest absolute Gasteiger partial charge is 0.340 e. The first kappa shape index (κ1) is 18.7. The van der Waals surface area contributed by atoms with Gasteiger partial charge in [0.05, 0.1) is 27.5 Å². The van der Waals surface area contributed by atoms with Gasteiger partial charge < -0.3 is 19.5 Å². The zero-order valence-corrected chi connectivity index (χ0v) is 16.7. The number of carbonyl (C=O) groups excluding carboxylic acids is 1. The number of rotatable bonds is 5. The van der Waals surface area contributed by atoms with Gasteiger partial charge in [0, 0.05) is 23.4 Å². The van der Waals surface area contributed by atoms with Crippen molar-refractivity contribution in [3.05, 3.63) is 52.1 Å². The van der Waals surface area contributed by atoms with Gasteiger partial charge in [-0.1, -0.05) is 18.2 Å². The van der Waals surface area contributed by atoms with Crippen LogP contribution in [0.15, 0.2) is 45.8 Å². The molecule has 136 valence electrons. The Hall–Kier alpha value is -2.12. The number of halogens is 1. The molecule has 0 atom stereocenters. The number of benzene rings is 2. The van der Waals surface area contributed by atoms with Crippen LogP contribution in [0.5, 0.6) is 11.5 Å². The molecule has 2 N–H and O–H groups in total. The third-order valence-electron chi connectivity index (χ3n) is 4.11. The Bertz CT molecular complexity index is 969. The van der Waals surface area contributed by atoms with Gasteiger partial charge >= 0.3 is 5.97 Å². The largest absolute Gasteiger partial charge is 0.504 e. The predicted octanol–water partition coefficient (Wildman–Crippen LogP) is 4.82. The maximum absolute atomic E-state index is 12.6. The maximum atomic E-state index is 12.6. The molecule has 0 aliphatic heterocycles.